The quantitative estimate of drug-likeness (QED) is 0.0337. The molecule has 12 nitrogen and oxygen atoms in total. The van der Waals surface area contributed by atoms with Gasteiger partial charge in [0.25, 0.3) is 0 Å². The maximum Gasteiger partial charge on any atom is 0.508 e. The maximum absolute atomic E-state index is 13.0. The number of aryl methyl sites for hydroxylation is 2. The van der Waals surface area contributed by atoms with Gasteiger partial charge < -0.3 is 28.4 Å². The second-order valence-electron chi connectivity index (χ2n) is 20.7. The van der Waals surface area contributed by atoms with Crippen LogP contribution >= 0.6 is 0 Å². The molecule has 0 radical (unpaired) electrons. The van der Waals surface area contributed by atoms with Crippen LogP contribution in [0.2, 0.25) is 0 Å². The number of Topliss-reactive ketones (excluding diaryl/α,β-unsaturated/α-hetero) is 1. The van der Waals surface area contributed by atoms with Gasteiger partial charge in [0.2, 0.25) is 0 Å². The Morgan fingerprint density at radius 2 is 1.36 bits per heavy atom. The number of ketones is 1. The molecule has 0 N–H and O–H groups in total. The van der Waals surface area contributed by atoms with E-state index in [9.17, 15) is 28.8 Å². The molecule has 0 amide bonds. The number of allylic oxidation sites excluding steroid dienone is 2. The molecule has 5 rings (SSSR count). The molecular weight excluding hydrogens is 853 g/mol. The van der Waals surface area contributed by atoms with E-state index >= 15 is 0 Å². The van der Waals surface area contributed by atoms with Crippen LogP contribution in [0.5, 0.6) is 5.75 Å². The van der Waals surface area contributed by atoms with Crippen LogP contribution in [-0.4, -0.2) is 61.2 Å². The predicted octanol–water partition coefficient (Wildman–Crippen LogP) is 11.8. The van der Waals surface area contributed by atoms with Crippen LogP contribution in [0.4, 0.5) is 4.79 Å². The lowest BCUT2D eigenvalue weighted by atomic mass is 9.44. The van der Waals surface area contributed by atoms with Gasteiger partial charge >= 0.3 is 30.0 Å². The third-order valence-electron chi connectivity index (χ3n) is 15.8. The minimum Gasteiger partial charge on any atom is -0.461 e. The first-order valence-corrected chi connectivity index (χ1v) is 25.4. The number of hydrogen-bond donors (Lipinski definition) is 0. The molecule has 4 aliphatic carbocycles. The molecule has 0 spiro atoms. The van der Waals surface area contributed by atoms with Crippen LogP contribution in [-0.2, 0) is 54.3 Å². The van der Waals surface area contributed by atoms with Gasteiger partial charge in [0.15, 0.2) is 6.10 Å². The number of rotatable bonds is 23. The normalized spacial score (nSPS) is 27.1. The van der Waals surface area contributed by atoms with Crippen molar-refractivity contribution in [3.05, 3.63) is 53.1 Å². The summed E-state index contributed by atoms with van der Waals surface area (Å²) in [6.07, 6.45) is 19.1. The number of hydrogen-bond acceptors (Lipinski definition) is 12. The topological polar surface area (TPSA) is 158 Å². The van der Waals surface area contributed by atoms with Gasteiger partial charge in [0, 0.05) is 18.8 Å². The molecule has 4 aliphatic rings. The van der Waals surface area contributed by atoms with Gasteiger partial charge in [-0.2, -0.15) is 0 Å². The van der Waals surface area contributed by atoms with Crippen molar-refractivity contribution in [2.24, 2.45) is 46.3 Å². The van der Waals surface area contributed by atoms with Crippen LogP contribution in [0, 0.1) is 60.2 Å². The Morgan fingerprint density at radius 1 is 0.731 bits per heavy atom. The van der Waals surface area contributed by atoms with E-state index in [1.165, 1.54) is 19.3 Å². The van der Waals surface area contributed by atoms with E-state index in [1.54, 1.807) is 19.1 Å². The number of ether oxygens (including phenoxy) is 6. The van der Waals surface area contributed by atoms with Gasteiger partial charge in [-0.05, 0) is 167 Å². The van der Waals surface area contributed by atoms with Crippen LogP contribution in [0.15, 0.2) is 36.4 Å². The van der Waals surface area contributed by atoms with Crippen LogP contribution < -0.4 is 4.74 Å². The predicted molar refractivity (Wildman–Crippen MR) is 255 cm³/mol. The molecule has 0 heterocycles. The Balaban J connectivity index is 0.995. The lowest BCUT2D eigenvalue weighted by Crippen LogP contribution is -2.54. The van der Waals surface area contributed by atoms with E-state index in [-0.39, 0.29) is 80.2 Å². The first-order chi connectivity index (χ1) is 32.0. The lowest BCUT2D eigenvalue weighted by molar-refractivity contribution is -0.166. The van der Waals surface area contributed by atoms with Gasteiger partial charge in [-0.3, -0.25) is 24.0 Å². The smallest absolute Gasteiger partial charge is 0.461 e. The monoisotopic (exact) mass is 933 g/mol. The van der Waals surface area contributed by atoms with E-state index < -0.39 is 30.2 Å². The molecule has 0 saturated heterocycles. The van der Waals surface area contributed by atoms with Crippen LogP contribution in [0.25, 0.3) is 0 Å². The number of fused-ring (bicyclic) bond motifs is 5. The second kappa shape index (κ2) is 25.2. The molecule has 0 aliphatic heterocycles. The van der Waals surface area contributed by atoms with Crippen molar-refractivity contribution >= 4 is 35.8 Å². The first-order valence-electron chi connectivity index (χ1n) is 25.4. The molecule has 0 bridgehead atoms. The summed E-state index contributed by atoms with van der Waals surface area (Å²) in [5.74, 6) is 1.78. The molecule has 9 atom stereocenters. The van der Waals surface area contributed by atoms with Gasteiger partial charge in [0.05, 0.1) is 12.8 Å². The first kappa shape index (κ1) is 53.5. The SMILES string of the molecule is CC/C=C\CC(=O)OCC(COC(=O)C/C=C\CC)OC(=O)CC(C)CCCCC(=O)Oc1c(C)cc(COC(=O)O[C@@H]2CC[C@@]3(C)[C@@H](CC[C@@H]4[C@@H]3CC[C@]3(C)[C@@H](C(C)=O)CC[C@@H]43)C2)cc1C. The fourth-order valence-corrected chi connectivity index (χ4v) is 12.4. The Hall–Kier alpha value is -4.48. The van der Waals surface area contributed by atoms with Crippen molar-refractivity contribution in [1.29, 1.82) is 0 Å². The van der Waals surface area contributed by atoms with Crippen LogP contribution in [0.3, 0.4) is 0 Å². The summed E-state index contributed by atoms with van der Waals surface area (Å²) in [6, 6.07) is 3.72. The fourth-order valence-electron chi connectivity index (χ4n) is 12.4. The summed E-state index contributed by atoms with van der Waals surface area (Å²) in [5.41, 5.74) is 2.70. The third-order valence-corrected chi connectivity index (χ3v) is 15.8. The number of carbonyl (C=O) groups is 6. The molecular formula is C55H80O12. The number of unbranched alkanes of at least 4 members (excludes halogenated alkanes) is 1. The minimum atomic E-state index is -0.932. The summed E-state index contributed by atoms with van der Waals surface area (Å²) in [4.78, 5) is 75.6. The molecule has 1 aromatic rings. The molecule has 12 heteroatoms. The molecule has 0 aromatic heterocycles. The van der Waals surface area contributed by atoms with Crippen molar-refractivity contribution in [2.75, 3.05) is 13.2 Å². The highest BCUT2D eigenvalue weighted by atomic mass is 16.7. The third kappa shape index (κ3) is 14.8. The summed E-state index contributed by atoms with van der Waals surface area (Å²) < 4.78 is 33.5. The molecule has 4 fully saturated rings. The maximum atomic E-state index is 13.0. The lowest BCUT2D eigenvalue weighted by Gasteiger charge is -2.61. The largest absolute Gasteiger partial charge is 0.508 e. The highest BCUT2D eigenvalue weighted by molar-refractivity contribution is 5.79. The van der Waals surface area contributed by atoms with E-state index in [2.05, 4.69) is 13.8 Å². The van der Waals surface area contributed by atoms with E-state index in [0.29, 0.717) is 54.5 Å². The molecule has 67 heavy (non-hydrogen) atoms. The van der Waals surface area contributed by atoms with Crippen molar-refractivity contribution in [2.45, 2.75) is 190 Å². The molecule has 1 unspecified atom stereocenters. The number of benzene rings is 1. The van der Waals surface area contributed by atoms with Gasteiger partial charge in [0.1, 0.15) is 37.5 Å². The van der Waals surface area contributed by atoms with E-state index in [1.807, 2.05) is 58.9 Å². The van der Waals surface area contributed by atoms with Crippen LogP contribution in [0.1, 0.15) is 174 Å². The van der Waals surface area contributed by atoms with Crippen molar-refractivity contribution in [1.82, 2.24) is 0 Å². The van der Waals surface area contributed by atoms with Gasteiger partial charge in [-0.15, -0.1) is 0 Å². The zero-order valence-corrected chi connectivity index (χ0v) is 41.8. The molecule has 372 valence electrons. The summed E-state index contributed by atoms with van der Waals surface area (Å²) in [6.45, 7) is 15.9. The minimum absolute atomic E-state index is 0.0443. The fraction of sp³-hybridized carbons (Fsp3) is 0.709. The van der Waals surface area contributed by atoms with Crippen molar-refractivity contribution in [3.63, 3.8) is 0 Å². The Kier molecular flexibility index (Phi) is 20.1. The Bertz CT molecular complexity index is 1880. The summed E-state index contributed by atoms with van der Waals surface area (Å²) in [5, 5.41) is 0. The number of esters is 4. The standard InChI is InChI=1S/C55H80O12/c1-9-11-13-18-48(57)62-34-43(35-63-49(58)19-14-12-10-2)65-51(60)29-36(3)17-15-16-20-50(59)67-52-37(4)30-40(31-38(52)5)33-64-53(61)66-42-25-27-54(7)41(32-42)21-22-44-46-24-23-45(39(6)56)55(46,8)28-26-47(44)54/h11-14,30-31,36,41-47H,9-10,15-29,32-35H2,1-8H3/b13-11-,14-12-/t36?,41-,42+,44-,45+,46-,47-,54-,55+/m0/s1. The molecule has 4 saturated carbocycles. The highest BCUT2D eigenvalue weighted by Crippen LogP contribution is 2.67. The molecule has 1 aromatic carbocycles. The number of carbonyl (C=O) groups excluding carboxylic acids is 6. The summed E-state index contributed by atoms with van der Waals surface area (Å²) in [7, 11) is 0. The highest BCUT2D eigenvalue weighted by Gasteiger charge is 2.61. The second-order valence-corrected chi connectivity index (χ2v) is 20.7. The average molecular weight is 933 g/mol. The Morgan fingerprint density at radius 3 is 1.99 bits per heavy atom. The summed E-state index contributed by atoms with van der Waals surface area (Å²) >= 11 is 0. The van der Waals surface area contributed by atoms with Gasteiger partial charge in [-0.25, -0.2) is 4.79 Å². The van der Waals surface area contributed by atoms with Crippen molar-refractivity contribution < 1.29 is 57.2 Å². The van der Waals surface area contributed by atoms with Crippen molar-refractivity contribution in [3.8, 4) is 5.75 Å². The van der Waals surface area contributed by atoms with E-state index in [4.69, 9.17) is 28.4 Å². The van der Waals surface area contributed by atoms with Gasteiger partial charge in [-0.1, -0.05) is 71.8 Å². The Labute approximate surface area is 400 Å². The zero-order chi connectivity index (χ0) is 48.7. The average Bonchev–Trinajstić information content (AvgIpc) is 3.64. The zero-order valence-electron chi connectivity index (χ0n) is 41.8. The van der Waals surface area contributed by atoms with E-state index in [0.717, 1.165) is 68.1 Å².